The summed E-state index contributed by atoms with van der Waals surface area (Å²) < 4.78 is 0. The number of fused-ring (bicyclic) bond motifs is 1. The molecule has 12 heavy (non-hydrogen) atoms. The fraction of sp³-hybridized carbons (Fsp3) is 0.333. The first kappa shape index (κ1) is 8.21. The van der Waals surface area contributed by atoms with Crippen LogP contribution in [0.25, 0.3) is 0 Å². The van der Waals surface area contributed by atoms with Crippen molar-refractivity contribution in [2.45, 2.75) is 12.8 Å². The van der Waals surface area contributed by atoms with Crippen LogP contribution in [0.1, 0.15) is 18.4 Å². The average molecular weight is 202 g/mol. The number of hydrogen-bond acceptors (Lipinski definition) is 1. The van der Waals surface area contributed by atoms with Gasteiger partial charge >= 0.3 is 0 Å². The zero-order valence-corrected chi connectivity index (χ0v) is 8.21. The minimum absolute atomic E-state index is 0.510. The molecule has 2 rings (SSSR count). The lowest BCUT2D eigenvalue weighted by molar-refractivity contribution is 0.854. The second-order valence-electron chi connectivity index (χ2n) is 3.13. The van der Waals surface area contributed by atoms with Gasteiger partial charge in [0.25, 0.3) is 0 Å². The molecule has 0 saturated carbocycles. The smallest absolute Gasteiger partial charge is 0.0655 e. The standard InChI is InChI=1S/C9H9Cl2N/c1-5-4-12-9-7(5)2-6(10)3-8(9)11/h2-3,5,12H,4H2,1H3. The molecule has 0 saturated heterocycles. The van der Waals surface area contributed by atoms with Crippen LogP contribution in [0.2, 0.25) is 10.0 Å². The van der Waals surface area contributed by atoms with Crippen LogP contribution >= 0.6 is 23.2 Å². The lowest BCUT2D eigenvalue weighted by Gasteiger charge is -2.04. The summed E-state index contributed by atoms with van der Waals surface area (Å²) >= 11 is 11.9. The van der Waals surface area contributed by atoms with Gasteiger partial charge in [-0.05, 0) is 17.7 Å². The molecule has 1 aromatic carbocycles. The predicted molar refractivity (Wildman–Crippen MR) is 53.4 cm³/mol. The summed E-state index contributed by atoms with van der Waals surface area (Å²) in [5.74, 6) is 0.510. The molecule has 1 aromatic rings. The number of anilines is 1. The van der Waals surface area contributed by atoms with Gasteiger partial charge in [0.2, 0.25) is 0 Å². The van der Waals surface area contributed by atoms with Crippen molar-refractivity contribution >= 4 is 28.9 Å². The van der Waals surface area contributed by atoms with Crippen LogP contribution < -0.4 is 5.32 Å². The molecule has 0 aromatic heterocycles. The lowest BCUT2D eigenvalue weighted by atomic mass is 10.0. The predicted octanol–water partition coefficient (Wildman–Crippen LogP) is 3.52. The summed E-state index contributed by atoms with van der Waals surface area (Å²) in [6.45, 7) is 3.11. The van der Waals surface area contributed by atoms with E-state index in [2.05, 4.69) is 12.2 Å². The molecule has 64 valence electrons. The van der Waals surface area contributed by atoms with Crippen molar-refractivity contribution in [2.75, 3.05) is 11.9 Å². The first-order valence-electron chi connectivity index (χ1n) is 3.91. The molecular formula is C9H9Cl2N. The fourth-order valence-corrected chi connectivity index (χ4v) is 2.11. The minimum Gasteiger partial charge on any atom is -0.383 e. The molecule has 0 bridgehead atoms. The van der Waals surface area contributed by atoms with Gasteiger partial charge in [-0.15, -0.1) is 0 Å². The number of nitrogens with one attached hydrogen (secondary N) is 1. The van der Waals surface area contributed by atoms with Crippen LogP contribution in [0, 0.1) is 0 Å². The van der Waals surface area contributed by atoms with Crippen molar-refractivity contribution in [2.24, 2.45) is 0 Å². The van der Waals surface area contributed by atoms with Crippen LogP contribution in [0.5, 0.6) is 0 Å². The number of hydrogen-bond donors (Lipinski definition) is 1. The van der Waals surface area contributed by atoms with Crippen LogP contribution in [0.15, 0.2) is 12.1 Å². The Bertz CT molecular complexity index is 323. The minimum atomic E-state index is 0.510. The van der Waals surface area contributed by atoms with Crippen molar-refractivity contribution in [3.8, 4) is 0 Å². The Morgan fingerprint density at radius 3 is 2.92 bits per heavy atom. The first-order valence-corrected chi connectivity index (χ1v) is 4.67. The maximum absolute atomic E-state index is 5.99. The summed E-state index contributed by atoms with van der Waals surface area (Å²) in [6, 6.07) is 3.75. The molecule has 1 N–H and O–H groups in total. The molecule has 0 spiro atoms. The van der Waals surface area contributed by atoms with Gasteiger partial charge < -0.3 is 5.32 Å². The topological polar surface area (TPSA) is 12.0 Å². The number of benzene rings is 1. The largest absolute Gasteiger partial charge is 0.383 e. The summed E-state index contributed by atoms with van der Waals surface area (Å²) in [5, 5.41) is 4.70. The van der Waals surface area contributed by atoms with Gasteiger partial charge in [-0.1, -0.05) is 30.1 Å². The SMILES string of the molecule is CC1CNc2c(Cl)cc(Cl)cc21. The molecular weight excluding hydrogens is 193 g/mol. The molecule has 0 fully saturated rings. The van der Waals surface area contributed by atoms with E-state index in [1.807, 2.05) is 6.07 Å². The van der Waals surface area contributed by atoms with Crippen LogP contribution in [0.3, 0.4) is 0 Å². The van der Waals surface area contributed by atoms with Gasteiger partial charge in [0.15, 0.2) is 0 Å². The van der Waals surface area contributed by atoms with Gasteiger partial charge in [0.05, 0.1) is 10.7 Å². The van der Waals surface area contributed by atoms with E-state index in [0.29, 0.717) is 10.9 Å². The van der Waals surface area contributed by atoms with Crippen LogP contribution in [-0.2, 0) is 0 Å². The Labute approximate surface area is 81.7 Å². The fourth-order valence-electron chi connectivity index (χ4n) is 1.53. The molecule has 1 heterocycles. The van der Waals surface area contributed by atoms with E-state index in [1.165, 1.54) is 5.56 Å². The van der Waals surface area contributed by atoms with Crippen molar-refractivity contribution in [3.05, 3.63) is 27.7 Å². The zero-order valence-electron chi connectivity index (χ0n) is 6.70. The number of rotatable bonds is 0. The van der Waals surface area contributed by atoms with Crippen LogP contribution in [0.4, 0.5) is 5.69 Å². The highest BCUT2D eigenvalue weighted by Gasteiger charge is 2.20. The zero-order chi connectivity index (χ0) is 8.72. The van der Waals surface area contributed by atoms with Crippen LogP contribution in [-0.4, -0.2) is 6.54 Å². The Kier molecular flexibility index (Phi) is 1.93. The summed E-state index contributed by atoms with van der Waals surface area (Å²) in [5.41, 5.74) is 2.28. The molecule has 0 aliphatic carbocycles. The molecule has 1 nitrogen and oxygen atoms in total. The molecule has 1 atom stereocenters. The molecule has 1 aliphatic rings. The quantitative estimate of drug-likeness (QED) is 0.678. The van der Waals surface area contributed by atoms with Crippen molar-refractivity contribution in [3.63, 3.8) is 0 Å². The van der Waals surface area contributed by atoms with Gasteiger partial charge in [-0.3, -0.25) is 0 Å². The third-order valence-electron chi connectivity index (χ3n) is 2.20. The number of halogens is 2. The van der Waals surface area contributed by atoms with E-state index in [9.17, 15) is 0 Å². The first-order chi connectivity index (χ1) is 5.68. The Morgan fingerprint density at radius 2 is 2.17 bits per heavy atom. The Balaban J connectivity index is 2.60. The van der Waals surface area contributed by atoms with E-state index >= 15 is 0 Å². The van der Waals surface area contributed by atoms with Crippen molar-refractivity contribution in [1.82, 2.24) is 0 Å². The Hall–Kier alpha value is -0.400. The van der Waals surface area contributed by atoms with E-state index in [-0.39, 0.29) is 0 Å². The normalized spacial score (nSPS) is 20.4. The highest BCUT2D eigenvalue weighted by Crippen LogP contribution is 2.38. The van der Waals surface area contributed by atoms with Gasteiger partial charge in [-0.25, -0.2) is 0 Å². The second-order valence-corrected chi connectivity index (χ2v) is 3.98. The Morgan fingerprint density at radius 1 is 1.42 bits per heavy atom. The third kappa shape index (κ3) is 1.17. The highest BCUT2D eigenvalue weighted by atomic mass is 35.5. The van der Waals surface area contributed by atoms with Gasteiger partial charge in [-0.2, -0.15) is 0 Å². The third-order valence-corrected chi connectivity index (χ3v) is 2.72. The maximum atomic E-state index is 5.99. The molecule has 1 aliphatic heterocycles. The second kappa shape index (κ2) is 2.82. The van der Waals surface area contributed by atoms with E-state index in [0.717, 1.165) is 17.3 Å². The molecule has 1 unspecified atom stereocenters. The summed E-state index contributed by atoms with van der Waals surface area (Å²) in [6.07, 6.45) is 0. The molecule has 0 amide bonds. The van der Waals surface area contributed by atoms with Crippen molar-refractivity contribution < 1.29 is 0 Å². The monoisotopic (exact) mass is 201 g/mol. The van der Waals surface area contributed by atoms with Crippen molar-refractivity contribution in [1.29, 1.82) is 0 Å². The summed E-state index contributed by atoms with van der Waals surface area (Å²) in [4.78, 5) is 0. The lowest BCUT2D eigenvalue weighted by Crippen LogP contribution is -1.96. The highest BCUT2D eigenvalue weighted by molar-refractivity contribution is 6.36. The summed E-state index contributed by atoms with van der Waals surface area (Å²) in [7, 11) is 0. The van der Waals surface area contributed by atoms with Gasteiger partial charge in [0, 0.05) is 17.5 Å². The van der Waals surface area contributed by atoms with E-state index < -0.39 is 0 Å². The van der Waals surface area contributed by atoms with E-state index in [1.54, 1.807) is 6.07 Å². The molecule has 3 heteroatoms. The van der Waals surface area contributed by atoms with Gasteiger partial charge in [0.1, 0.15) is 0 Å². The average Bonchev–Trinajstić information content (AvgIpc) is 2.33. The molecule has 0 radical (unpaired) electrons. The van der Waals surface area contributed by atoms with E-state index in [4.69, 9.17) is 23.2 Å². The maximum Gasteiger partial charge on any atom is 0.0655 e.